The predicted octanol–water partition coefficient (Wildman–Crippen LogP) is 2.00. The minimum Gasteiger partial charge on any atom is -0.480 e. The lowest BCUT2D eigenvalue weighted by atomic mass is 10.0. The molecule has 17 heavy (non-hydrogen) atoms. The molecule has 3 rings (SSSR count). The number of carboxylic acids is 1. The van der Waals surface area contributed by atoms with Gasteiger partial charge in [-0.25, -0.2) is 0 Å². The van der Waals surface area contributed by atoms with Gasteiger partial charge in [0.2, 0.25) is 0 Å². The molecule has 1 saturated heterocycles. The summed E-state index contributed by atoms with van der Waals surface area (Å²) in [5.74, 6) is 0.576. The second-order valence-electron chi connectivity index (χ2n) is 5.16. The van der Waals surface area contributed by atoms with E-state index in [0.29, 0.717) is 17.9 Å². The average Bonchev–Trinajstić information content (AvgIpc) is 2.99. The fourth-order valence-electron chi connectivity index (χ4n) is 3.05. The van der Waals surface area contributed by atoms with Gasteiger partial charge in [0, 0.05) is 6.04 Å². The number of hydrogen-bond donors (Lipinski definition) is 2. The molecule has 0 spiro atoms. The summed E-state index contributed by atoms with van der Waals surface area (Å²) in [6.07, 6.45) is 2.98. The highest BCUT2D eigenvalue weighted by Crippen LogP contribution is 2.51. The Morgan fingerprint density at radius 3 is 2.65 bits per heavy atom. The van der Waals surface area contributed by atoms with E-state index in [4.69, 9.17) is 5.11 Å². The summed E-state index contributed by atoms with van der Waals surface area (Å²) in [6, 6.07) is 10.6. The Bertz CT molecular complexity index is 417. The first-order chi connectivity index (χ1) is 8.25. The van der Waals surface area contributed by atoms with E-state index >= 15 is 0 Å². The fourth-order valence-corrected chi connectivity index (χ4v) is 3.05. The quantitative estimate of drug-likeness (QED) is 0.836. The number of carbonyl (C=O) groups is 1. The van der Waals surface area contributed by atoms with Gasteiger partial charge in [-0.2, -0.15) is 0 Å². The van der Waals surface area contributed by atoms with Crippen LogP contribution in [0.3, 0.4) is 0 Å². The second kappa shape index (κ2) is 4.15. The first-order valence-electron chi connectivity index (χ1n) is 6.29. The summed E-state index contributed by atoms with van der Waals surface area (Å²) in [7, 11) is 0. The molecule has 1 aromatic carbocycles. The molecule has 1 aliphatic carbocycles. The van der Waals surface area contributed by atoms with Crippen LogP contribution in [0, 0.1) is 5.92 Å². The molecule has 0 amide bonds. The Kier molecular flexibility index (Phi) is 2.63. The van der Waals surface area contributed by atoms with Crippen LogP contribution < -0.4 is 5.32 Å². The van der Waals surface area contributed by atoms with Crippen molar-refractivity contribution < 1.29 is 9.90 Å². The smallest absolute Gasteiger partial charge is 0.320 e. The fraction of sp³-hybridized carbons (Fsp3) is 0.500. The van der Waals surface area contributed by atoms with Crippen LogP contribution in [0.5, 0.6) is 0 Å². The molecular weight excluding hydrogens is 214 g/mol. The van der Waals surface area contributed by atoms with Crippen molar-refractivity contribution in [1.29, 1.82) is 0 Å². The van der Waals surface area contributed by atoms with Crippen LogP contribution in [0.2, 0.25) is 0 Å². The second-order valence-corrected chi connectivity index (χ2v) is 5.16. The Morgan fingerprint density at radius 2 is 2.00 bits per heavy atom. The van der Waals surface area contributed by atoms with Gasteiger partial charge in [0.25, 0.3) is 0 Å². The molecule has 1 aromatic rings. The SMILES string of the molecule is O=C(O)C1CCC(C2CC2c2ccccc2)N1. The van der Waals surface area contributed by atoms with Crippen LogP contribution in [0.25, 0.3) is 0 Å². The maximum atomic E-state index is 10.9. The van der Waals surface area contributed by atoms with Crippen molar-refractivity contribution in [2.24, 2.45) is 5.92 Å². The van der Waals surface area contributed by atoms with Crippen molar-refractivity contribution in [3.63, 3.8) is 0 Å². The zero-order valence-electron chi connectivity index (χ0n) is 9.67. The van der Waals surface area contributed by atoms with Gasteiger partial charge in [-0.1, -0.05) is 30.3 Å². The topological polar surface area (TPSA) is 49.3 Å². The van der Waals surface area contributed by atoms with Gasteiger partial charge in [0.1, 0.15) is 6.04 Å². The van der Waals surface area contributed by atoms with Crippen LogP contribution in [-0.2, 0) is 4.79 Å². The molecule has 2 fully saturated rings. The number of rotatable bonds is 3. The van der Waals surface area contributed by atoms with E-state index < -0.39 is 5.97 Å². The average molecular weight is 231 g/mol. The predicted molar refractivity (Wildman–Crippen MR) is 64.9 cm³/mol. The molecule has 4 unspecified atom stereocenters. The molecule has 3 heteroatoms. The zero-order valence-corrected chi connectivity index (χ0v) is 9.67. The van der Waals surface area contributed by atoms with Crippen molar-refractivity contribution in [3.8, 4) is 0 Å². The highest BCUT2D eigenvalue weighted by atomic mass is 16.4. The molecule has 90 valence electrons. The number of hydrogen-bond acceptors (Lipinski definition) is 2. The van der Waals surface area contributed by atoms with Gasteiger partial charge in [0.15, 0.2) is 0 Å². The number of benzene rings is 1. The Hall–Kier alpha value is -1.35. The monoisotopic (exact) mass is 231 g/mol. The maximum absolute atomic E-state index is 10.9. The van der Waals surface area contributed by atoms with Crippen molar-refractivity contribution in [2.75, 3.05) is 0 Å². The highest BCUT2D eigenvalue weighted by Gasteiger charge is 2.46. The van der Waals surface area contributed by atoms with E-state index in [2.05, 4.69) is 29.6 Å². The van der Waals surface area contributed by atoms with Crippen molar-refractivity contribution in [3.05, 3.63) is 35.9 Å². The Balaban J connectivity index is 1.61. The first kappa shape index (κ1) is 10.8. The van der Waals surface area contributed by atoms with Gasteiger partial charge in [-0.3, -0.25) is 4.79 Å². The highest BCUT2D eigenvalue weighted by molar-refractivity contribution is 5.73. The summed E-state index contributed by atoms with van der Waals surface area (Å²) < 4.78 is 0. The Labute approximate surface area is 101 Å². The standard InChI is InChI=1S/C14H17NO2/c16-14(17)13-7-6-12(15-13)11-8-10(11)9-4-2-1-3-5-9/h1-5,10-13,15H,6-8H2,(H,16,17). The molecule has 0 radical (unpaired) electrons. The molecule has 2 aliphatic rings. The van der Waals surface area contributed by atoms with Crippen LogP contribution in [0.15, 0.2) is 30.3 Å². The van der Waals surface area contributed by atoms with Crippen molar-refractivity contribution in [2.45, 2.75) is 37.3 Å². The first-order valence-corrected chi connectivity index (χ1v) is 6.29. The number of aliphatic carboxylic acids is 1. The van der Waals surface area contributed by atoms with E-state index in [1.807, 2.05) is 6.07 Å². The minimum absolute atomic E-state index is 0.322. The lowest BCUT2D eigenvalue weighted by molar-refractivity contribution is -0.139. The third kappa shape index (κ3) is 2.07. The van der Waals surface area contributed by atoms with Crippen LogP contribution in [0.4, 0.5) is 0 Å². The van der Waals surface area contributed by atoms with Crippen LogP contribution >= 0.6 is 0 Å². The molecule has 1 heterocycles. The van der Waals surface area contributed by atoms with E-state index in [1.54, 1.807) is 0 Å². The van der Waals surface area contributed by atoms with Gasteiger partial charge in [-0.05, 0) is 36.7 Å². The van der Waals surface area contributed by atoms with E-state index in [-0.39, 0.29) is 6.04 Å². The number of nitrogens with one attached hydrogen (secondary N) is 1. The van der Waals surface area contributed by atoms with Gasteiger partial charge in [-0.15, -0.1) is 0 Å². The largest absolute Gasteiger partial charge is 0.480 e. The lowest BCUT2D eigenvalue weighted by Crippen LogP contribution is -2.36. The van der Waals surface area contributed by atoms with E-state index in [1.165, 1.54) is 12.0 Å². The summed E-state index contributed by atoms with van der Waals surface area (Å²) in [5, 5.41) is 12.2. The summed E-state index contributed by atoms with van der Waals surface area (Å²) in [4.78, 5) is 10.9. The van der Waals surface area contributed by atoms with Gasteiger partial charge in [0.05, 0.1) is 0 Å². The third-order valence-electron chi connectivity index (χ3n) is 4.06. The molecule has 3 nitrogen and oxygen atoms in total. The van der Waals surface area contributed by atoms with Crippen LogP contribution in [0.1, 0.15) is 30.7 Å². The third-order valence-corrected chi connectivity index (χ3v) is 4.06. The zero-order chi connectivity index (χ0) is 11.8. The molecule has 4 atom stereocenters. The van der Waals surface area contributed by atoms with Crippen molar-refractivity contribution in [1.82, 2.24) is 5.32 Å². The van der Waals surface area contributed by atoms with E-state index in [0.717, 1.165) is 12.8 Å². The molecule has 0 aromatic heterocycles. The van der Waals surface area contributed by atoms with E-state index in [9.17, 15) is 4.79 Å². The van der Waals surface area contributed by atoms with Crippen molar-refractivity contribution >= 4 is 5.97 Å². The Morgan fingerprint density at radius 1 is 1.24 bits per heavy atom. The molecule has 1 saturated carbocycles. The lowest BCUT2D eigenvalue weighted by Gasteiger charge is -2.11. The molecule has 2 N–H and O–H groups in total. The maximum Gasteiger partial charge on any atom is 0.320 e. The van der Waals surface area contributed by atoms with Gasteiger partial charge >= 0.3 is 5.97 Å². The molecule has 1 aliphatic heterocycles. The van der Waals surface area contributed by atoms with Crippen LogP contribution in [-0.4, -0.2) is 23.2 Å². The molecule has 0 bridgehead atoms. The summed E-state index contributed by atoms with van der Waals surface area (Å²) in [5.41, 5.74) is 1.40. The normalized spacial score (nSPS) is 35.8. The van der Waals surface area contributed by atoms with Gasteiger partial charge < -0.3 is 10.4 Å². The summed E-state index contributed by atoms with van der Waals surface area (Å²) >= 11 is 0. The molecular formula is C14H17NO2. The minimum atomic E-state index is -0.704. The number of carboxylic acid groups (broad SMARTS) is 1. The summed E-state index contributed by atoms with van der Waals surface area (Å²) in [6.45, 7) is 0.